The highest BCUT2D eigenvalue weighted by Gasteiger charge is 2.30. The van der Waals surface area contributed by atoms with Gasteiger partial charge in [0.15, 0.2) is 5.96 Å². The maximum Gasteiger partial charge on any atom is 0.225 e. The lowest BCUT2D eigenvalue weighted by molar-refractivity contribution is -0.136. The topological polar surface area (TPSA) is 56.7 Å². The summed E-state index contributed by atoms with van der Waals surface area (Å²) in [6.07, 6.45) is 6.22. The molecule has 0 unspecified atom stereocenters. The number of rotatable bonds is 7. The number of amides is 1. The van der Waals surface area contributed by atoms with Crippen LogP contribution in [0.5, 0.6) is 0 Å². The number of benzene rings is 1. The molecule has 5 nitrogen and oxygen atoms in total. The molecular weight excluding hydrogens is 531 g/mol. The molecule has 2 fully saturated rings. The Morgan fingerprint density at radius 1 is 1.12 bits per heavy atom. The van der Waals surface area contributed by atoms with Crippen molar-refractivity contribution >= 4 is 47.6 Å². The van der Waals surface area contributed by atoms with Crippen LogP contribution in [-0.2, 0) is 11.2 Å². The summed E-state index contributed by atoms with van der Waals surface area (Å²) in [5.41, 5.74) is 2.79. The third kappa shape index (κ3) is 8.43. The largest absolute Gasteiger partial charge is 0.356 e. The third-order valence-corrected chi connectivity index (χ3v) is 7.49. The van der Waals surface area contributed by atoms with Gasteiger partial charge in [0.1, 0.15) is 0 Å². The number of thioether (sulfide) groups is 1. The summed E-state index contributed by atoms with van der Waals surface area (Å²) in [6, 6.07) is 9.42. The number of nitrogens with one attached hydrogen (secondary N) is 2. The van der Waals surface area contributed by atoms with Crippen LogP contribution < -0.4 is 10.6 Å². The van der Waals surface area contributed by atoms with Crippen LogP contribution in [0.15, 0.2) is 29.3 Å². The summed E-state index contributed by atoms with van der Waals surface area (Å²) in [7, 11) is 1.84. The zero-order valence-electron chi connectivity index (χ0n) is 19.9. The fourth-order valence-electron chi connectivity index (χ4n) is 4.48. The van der Waals surface area contributed by atoms with Crippen molar-refractivity contribution in [2.45, 2.75) is 64.3 Å². The van der Waals surface area contributed by atoms with Gasteiger partial charge < -0.3 is 15.5 Å². The molecule has 0 aromatic heterocycles. The zero-order valence-corrected chi connectivity index (χ0v) is 23.1. The molecule has 1 aliphatic heterocycles. The first-order valence-corrected chi connectivity index (χ1v) is 13.1. The van der Waals surface area contributed by atoms with Gasteiger partial charge >= 0.3 is 0 Å². The quantitative estimate of drug-likeness (QED) is 0.216. The Balaban J connectivity index is 0.00000363. The minimum Gasteiger partial charge on any atom is -0.356 e. The Bertz CT molecular complexity index is 711. The van der Waals surface area contributed by atoms with Crippen LogP contribution in [-0.4, -0.2) is 61.0 Å². The van der Waals surface area contributed by atoms with E-state index in [0.717, 1.165) is 75.6 Å². The summed E-state index contributed by atoms with van der Waals surface area (Å²) < 4.78 is 0. The molecule has 1 aromatic rings. The average Bonchev–Trinajstić information content (AvgIpc) is 2.82. The van der Waals surface area contributed by atoms with Crippen LogP contribution in [0.4, 0.5) is 0 Å². The summed E-state index contributed by atoms with van der Waals surface area (Å²) in [5.74, 6) is 4.27. The molecule has 2 N–H and O–H groups in total. The summed E-state index contributed by atoms with van der Waals surface area (Å²) in [5, 5.41) is 7.04. The van der Waals surface area contributed by atoms with E-state index < -0.39 is 0 Å². The van der Waals surface area contributed by atoms with E-state index in [1.54, 1.807) is 0 Å². The molecule has 1 heterocycles. The van der Waals surface area contributed by atoms with Gasteiger partial charge in [0, 0.05) is 50.1 Å². The normalized spacial score (nSPS) is 21.8. The van der Waals surface area contributed by atoms with Crippen LogP contribution in [0.25, 0.3) is 0 Å². The maximum atomic E-state index is 12.7. The summed E-state index contributed by atoms with van der Waals surface area (Å²) in [6.45, 7) is 7.23. The van der Waals surface area contributed by atoms with E-state index in [2.05, 4.69) is 58.6 Å². The van der Waals surface area contributed by atoms with Crippen molar-refractivity contribution in [3.05, 3.63) is 35.4 Å². The Kier molecular flexibility index (Phi) is 12.2. The minimum absolute atomic E-state index is 0. The predicted octanol–water partition coefficient (Wildman–Crippen LogP) is 4.66. The molecule has 0 bridgehead atoms. The third-order valence-electron chi connectivity index (χ3n) is 6.54. The molecule has 1 saturated heterocycles. The molecule has 1 saturated carbocycles. The first kappa shape index (κ1) is 27.3. The number of carbonyl (C=O) groups is 1. The summed E-state index contributed by atoms with van der Waals surface area (Å²) in [4.78, 5) is 19.2. The Hall–Kier alpha value is -0.960. The highest BCUT2D eigenvalue weighted by molar-refractivity contribution is 14.0. The molecule has 2 aliphatic rings. The van der Waals surface area contributed by atoms with Crippen molar-refractivity contribution < 1.29 is 4.79 Å². The highest BCUT2D eigenvalue weighted by Crippen LogP contribution is 2.27. The molecule has 0 atom stereocenters. The monoisotopic (exact) mass is 572 g/mol. The molecule has 1 amide bonds. The van der Waals surface area contributed by atoms with E-state index in [4.69, 9.17) is 0 Å². The molecule has 3 rings (SSSR count). The van der Waals surface area contributed by atoms with Crippen molar-refractivity contribution in [2.24, 2.45) is 10.9 Å². The van der Waals surface area contributed by atoms with Gasteiger partial charge in [-0.05, 0) is 55.6 Å². The zero-order chi connectivity index (χ0) is 22.1. The van der Waals surface area contributed by atoms with Crippen LogP contribution in [0.1, 0.15) is 63.0 Å². The van der Waals surface area contributed by atoms with E-state index in [1.807, 2.05) is 18.8 Å². The predicted molar refractivity (Wildman–Crippen MR) is 148 cm³/mol. The van der Waals surface area contributed by atoms with Crippen molar-refractivity contribution in [3.8, 4) is 0 Å². The average molecular weight is 573 g/mol. The van der Waals surface area contributed by atoms with E-state index in [9.17, 15) is 4.79 Å². The standard InChI is InChI=1S/C25H40N4OS.HI/c1-19(2)21-8-6-20(7-9-21)5-4-14-27-25(26-3)28-23-12-10-22(11-13-23)24(30)29-15-17-31-18-16-29;/h6-9,19,22-23H,4-5,10-18H2,1-3H3,(H2,26,27,28);1H. The Labute approximate surface area is 216 Å². The van der Waals surface area contributed by atoms with E-state index in [1.165, 1.54) is 11.1 Å². The van der Waals surface area contributed by atoms with Crippen LogP contribution in [0.2, 0.25) is 0 Å². The van der Waals surface area contributed by atoms with Gasteiger partial charge in [0.25, 0.3) is 0 Å². The number of aryl methyl sites for hydroxylation is 1. The number of nitrogens with zero attached hydrogens (tertiary/aromatic N) is 2. The van der Waals surface area contributed by atoms with Gasteiger partial charge in [-0.25, -0.2) is 0 Å². The SMILES string of the molecule is CN=C(NCCCc1ccc(C(C)C)cc1)NC1CCC(C(=O)N2CCSCC2)CC1.I. The second-order valence-corrected chi connectivity index (χ2v) is 10.4. The van der Waals surface area contributed by atoms with Crippen molar-refractivity contribution in [1.82, 2.24) is 15.5 Å². The molecule has 7 heteroatoms. The van der Waals surface area contributed by atoms with Gasteiger partial charge in [0.2, 0.25) is 5.91 Å². The van der Waals surface area contributed by atoms with Crippen LogP contribution >= 0.6 is 35.7 Å². The van der Waals surface area contributed by atoms with Gasteiger partial charge in [0.05, 0.1) is 0 Å². The van der Waals surface area contributed by atoms with E-state index >= 15 is 0 Å². The van der Waals surface area contributed by atoms with Crippen LogP contribution in [0.3, 0.4) is 0 Å². The second-order valence-electron chi connectivity index (χ2n) is 9.13. The number of guanidine groups is 1. The van der Waals surface area contributed by atoms with Gasteiger partial charge in [-0.2, -0.15) is 11.8 Å². The molecular formula is C25H41IN4OS. The number of hydrogen-bond acceptors (Lipinski definition) is 3. The van der Waals surface area contributed by atoms with Crippen molar-refractivity contribution in [1.29, 1.82) is 0 Å². The fourth-order valence-corrected chi connectivity index (χ4v) is 5.39. The molecule has 1 aliphatic carbocycles. The Morgan fingerprint density at radius 2 is 1.78 bits per heavy atom. The molecule has 32 heavy (non-hydrogen) atoms. The van der Waals surface area contributed by atoms with Gasteiger partial charge in [-0.1, -0.05) is 38.1 Å². The van der Waals surface area contributed by atoms with E-state index in [0.29, 0.717) is 17.9 Å². The number of halogens is 1. The highest BCUT2D eigenvalue weighted by atomic mass is 127. The minimum atomic E-state index is 0. The lowest BCUT2D eigenvalue weighted by Gasteiger charge is -2.34. The molecule has 0 spiro atoms. The van der Waals surface area contributed by atoms with Gasteiger partial charge in [-0.15, -0.1) is 24.0 Å². The fraction of sp³-hybridized carbons (Fsp3) is 0.680. The molecule has 180 valence electrons. The Morgan fingerprint density at radius 3 is 2.38 bits per heavy atom. The number of carbonyl (C=O) groups excluding carboxylic acids is 1. The second kappa shape index (κ2) is 14.3. The van der Waals surface area contributed by atoms with E-state index in [-0.39, 0.29) is 29.9 Å². The lowest BCUT2D eigenvalue weighted by Crippen LogP contribution is -2.47. The summed E-state index contributed by atoms with van der Waals surface area (Å²) >= 11 is 1.96. The van der Waals surface area contributed by atoms with Gasteiger partial charge in [-0.3, -0.25) is 9.79 Å². The maximum absolute atomic E-state index is 12.7. The van der Waals surface area contributed by atoms with Crippen molar-refractivity contribution in [2.75, 3.05) is 38.2 Å². The smallest absolute Gasteiger partial charge is 0.225 e. The van der Waals surface area contributed by atoms with Crippen LogP contribution in [0, 0.1) is 5.92 Å². The number of aliphatic imine (C=N–C) groups is 1. The molecule has 0 radical (unpaired) electrons. The first-order valence-electron chi connectivity index (χ1n) is 12.0. The molecule has 1 aromatic carbocycles. The van der Waals surface area contributed by atoms with Crippen molar-refractivity contribution in [3.63, 3.8) is 0 Å². The first-order chi connectivity index (χ1) is 15.1. The lowest BCUT2D eigenvalue weighted by atomic mass is 9.85. The number of hydrogen-bond donors (Lipinski definition) is 2.